The lowest BCUT2D eigenvalue weighted by Gasteiger charge is -2.32. The molecule has 2 aromatic heterocycles. The molecule has 8 nitrogen and oxygen atoms in total. The van der Waals surface area contributed by atoms with Crippen molar-refractivity contribution in [3.8, 4) is 0 Å². The minimum absolute atomic E-state index is 0.0522. The first kappa shape index (κ1) is 16.0. The van der Waals surface area contributed by atoms with Gasteiger partial charge in [0.25, 0.3) is 5.91 Å². The van der Waals surface area contributed by atoms with Gasteiger partial charge in [-0.2, -0.15) is 0 Å². The molecule has 0 aliphatic carbocycles. The SMILES string of the molecule is CN(C)c1cnc(C(=O)N2CCCC(c3nnc4n3CCC4)C2)cn1. The molecule has 132 valence electrons. The van der Waals surface area contributed by atoms with E-state index in [1.807, 2.05) is 23.9 Å². The predicted molar refractivity (Wildman–Crippen MR) is 92.6 cm³/mol. The second kappa shape index (κ2) is 6.42. The van der Waals surface area contributed by atoms with E-state index in [-0.39, 0.29) is 11.8 Å². The Kier molecular flexibility index (Phi) is 4.10. The first-order valence-corrected chi connectivity index (χ1v) is 8.84. The average molecular weight is 341 g/mol. The van der Waals surface area contributed by atoms with Crippen molar-refractivity contribution >= 4 is 11.7 Å². The van der Waals surface area contributed by atoms with Crippen molar-refractivity contribution in [2.24, 2.45) is 0 Å². The van der Waals surface area contributed by atoms with E-state index in [0.29, 0.717) is 12.2 Å². The van der Waals surface area contributed by atoms with Gasteiger partial charge in [-0.3, -0.25) is 4.79 Å². The van der Waals surface area contributed by atoms with Crippen molar-refractivity contribution in [3.63, 3.8) is 0 Å². The molecule has 0 saturated carbocycles. The predicted octanol–water partition coefficient (Wildman–Crippen LogP) is 1.10. The largest absolute Gasteiger partial charge is 0.361 e. The van der Waals surface area contributed by atoms with Crippen molar-refractivity contribution in [1.29, 1.82) is 0 Å². The van der Waals surface area contributed by atoms with E-state index in [2.05, 4.69) is 24.7 Å². The van der Waals surface area contributed by atoms with E-state index < -0.39 is 0 Å². The third-order valence-corrected chi connectivity index (χ3v) is 5.03. The van der Waals surface area contributed by atoms with Crippen molar-refractivity contribution in [3.05, 3.63) is 29.7 Å². The van der Waals surface area contributed by atoms with Crippen LogP contribution in [0.5, 0.6) is 0 Å². The number of hydrogen-bond acceptors (Lipinski definition) is 6. The summed E-state index contributed by atoms with van der Waals surface area (Å²) in [5, 5.41) is 8.71. The fourth-order valence-electron chi connectivity index (χ4n) is 3.67. The number of hydrogen-bond donors (Lipinski definition) is 0. The number of likely N-dealkylation sites (tertiary alicyclic amines) is 1. The number of amides is 1. The second-order valence-electron chi connectivity index (χ2n) is 6.97. The molecular formula is C17H23N7O. The van der Waals surface area contributed by atoms with Crippen LogP contribution in [0.25, 0.3) is 0 Å². The fraction of sp³-hybridized carbons (Fsp3) is 0.588. The Morgan fingerprint density at radius 2 is 2.04 bits per heavy atom. The summed E-state index contributed by atoms with van der Waals surface area (Å²) < 4.78 is 2.24. The highest BCUT2D eigenvalue weighted by Crippen LogP contribution is 2.29. The normalized spacial score (nSPS) is 19.8. The van der Waals surface area contributed by atoms with Gasteiger partial charge in [0.1, 0.15) is 23.2 Å². The van der Waals surface area contributed by atoms with E-state index in [1.165, 1.54) is 0 Å². The van der Waals surface area contributed by atoms with Gasteiger partial charge in [0.15, 0.2) is 0 Å². The smallest absolute Gasteiger partial charge is 0.274 e. The molecule has 0 aromatic carbocycles. The minimum atomic E-state index is -0.0522. The van der Waals surface area contributed by atoms with Crippen molar-refractivity contribution in [2.45, 2.75) is 38.1 Å². The van der Waals surface area contributed by atoms with Crippen LogP contribution in [0.15, 0.2) is 12.4 Å². The summed E-state index contributed by atoms with van der Waals surface area (Å²) in [5.74, 6) is 3.07. The van der Waals surface area contributed by atoms with Gasteiger partial charge in [0.2, 0.25) is 0 Å². The van der Waals surface area contributed by atoms with Crippen LogP contribution in [0.4, 0.5) is 5.82 Å². The first-order valence-electron chi connectivity index (χ1n) is 8.84. The van der Waals surface area contributed by atoms with Crippen molar-refractivity contribution in [1.82, 2.24) is 29.6 Å². The molecule has 0 spiro atoms. The van der Waals surface area contributed by atoms with Gasteiger partial charge >= 0.3 is 0 Å². The number of piperidine rings is 1. The minimum Gasteiger partial charge on any atom is -0.361 e. The van der Waals surface area contributed by atoms with Crippen LogP contribution in [0.3, 0.4) is 0 Å². The Balaban J connectivity index is 1.49. The molecule has 8 heteroatoms. The molecule has 4 heterocycles. The van der Waals surface area contributed by atoms with Crippen LogP contribution in [-0.4, -0.2) is 62.7 Å². The maximum atomic E-state index is 12.8. The maximum absolute atomic E-state index is 12.8. The van der Waals surface area contributed by atoms with Gasteiger partial charge in [-0.25, -0.2) is 9.97 Å². The van der Waals surface area contributed by atoms with Gasteiger partial charge < -0.3 is 14.4 Å². The average Bonchev–Trinajstić information content (AvgIpc) is 3.25. The number of carbonyl (C=O) groups is 1. The van der Waals surface area contributed by atoms with E-state index in [0.717, 1.165) is 56.2 Å². The molecule has 2 aromatic rings. The zero-order chi connectivity index (χ0) is 17.4. The monoisotopic (exact) mass is 341 g/mol. The molecule has 1 saturated heterocycles. The summed E-state index contributed by atoms with van der Waals surface area (Å²) in [4.78, 5) is 25.1. The lowest BCUT2D eigenvalue weighted by Crippen LogP contribution is -2.40. The molecule has 4 rings (SSSR count). The Labute approximate surface area is 146 Å². The number of aryl methyl sites for hydroxylation is 1. The van der Waals surface area contributed by atoms with Gasteiger partial charge in [-0.1, -0.05) is 0 Å². The van der Waals surface area contributed by atoms with Crippen LogP contribution >= 0.6 is 0 Å². The molecule has 2 aliphatic heterocycles. The van der Waals surface area contributed by atoms with Crippen LogP contribution in [0.2, 0.25) is 0 Å². The first-order chi connectivity index (χ1) is 12.1. The number of aromatic nitrogens is 5. The molecule has 1 amide bonds. The van der Waals surface area contributed by atoms with Crippen molar-refractivity contribution < 1.29 is 4.79 Å². The third kappa shape index (κ3) is 2.96. The lowest BCUT2D eigenvalue weighted by atomic mass is 9.97. The standard InChI is InChI=1S/C17H23N7O/c1-22(2)15-10-18-13(9-19-15)17(25)23-7-3-5-12(11-23)16-21-20-14-6-4-8-24(14)16/h9-10,12H,3-8,11H2,1-2H3. The van der Waals surface area contributed by atoms with Crippen LogP contribution in [-0.2, 0) is 13.0 Å². The molecule has 0 bridgehead atoms. The van der Waals surface area contributed by atoms with Gasteiger partial charge in [0, 0.05) is 46.1 Å². The molecule has 25 heavy (non-hydrogen) atoms. The summed E-state index contributed by atoms with van der Waals surface area (Å²) in [6, 6.07) is 0. The molecule has 0 N–H and O–H groups in total. The Bertz CT molecular complexity index is 768. The molecule has 1 fully saturated rings. The summed E-state index contributed by atoms with van der Waals surface area (Å²) in [6.45, 7) is 2.43. The number of nitrogens with zero attached hydrogens (tertiary/aromatic N) is 7. The molecule has 1 atom stereocenters. The second-order valence-corrected chi connectivity index (χ2v) is 6.97. The van der Waals surface area contributed by atoms with Gasteiger partial charge in [0.05, 0.1) is 12.4 Å². The summed E-state index contributed by atoms with van der Waals surface area (Å²) in [5.41, 5.74) is 0.401. The van der Waals surface area contributed by atoms with Gasteiger partial charge in [-0.05, 0) is 19.3 Å². The van der Waals surface area contributed by atoms with Crippen molar-refractivity contribution in [2.75, 3.05) is 32.1 Å². The Morgan fingerprint density at radius 1 is 1.16 bits per heavy atom. The summed E-state index contributed by atoms with van der Waals surface area (Å²) >= 11 is 0. The van der Waals surface area contributed by atoms with E-state index >= 15 is 0 Å². The lowest BCUT2D eigenvalue weighted by molar-refractivity contribution is 0.0697. The quantitative estimate of drug-likeness (QED) is 0.832. The molecule has 1 unspecified atom stereocenters. The molecular weight excluding hydrogens is 318 g/mol. The summed E-state index contributed by atoms with van der Waals surface area (Å²) in [6.07, 6.45) is 7.38. The highest BCUT2D eigenvalue weighted by atomic mass is 16.2. The number of fused-ring (bicyclic) bond motifs is 1. The van der Waals surface area contributed by atoms with E-state index in [4.69, 9.17) is 0 Å². The van der Waals surface area contributed by atoms with E-state index in [9.17, 15) is 4.79 Å². The summed E-state index contributed by atoms with van der Waals surface area (Å²) in [7, 11) is 3.80. The fourth-order valence-corrected chi connectivity index (χ4v) is 3.67. The van der Waals surface area contributed by atoms with Crippen LogP contribution in [0, 0.1) is 0 Å². The maximum Gasteiger partial charge on any atom is 0.274 e. The highest BCUT2D eigenvalue weighted by Gasteiger charge is 2.31. The zero-order valence-corrected chi connectivity index (χ0v) is 14.7. The Morgan fingerprint density at radius 3 is 2.80 bits per heavy atom. The number of carbonyl (C=O) groups excluding carboxylic acids is 1. The number of rotatable bonds is 3. The molecule has 0 radical (unpaired) electrons. The number of anilines is 1. The Hall–Kier alpha value is -2.51. The highest BCUT2D eigenvalue weighted by molar-refractivity contribution is 5.92. The third-order valence-electron chi connectivity index (χ3n) is 5.03. The van der Waals surface area contributed by atoms with E-state index in [1.54, 1.807) is 12.4 Å². The van der Waals surface area contributed by atoms with Gasteiger partial charge in [-0.15, -0.1) is 10.2 Å². The zero-order valence-electron chi connectivity index (χ0n) is 14.7. The topological polar surface area (TPSA) is 80.0 Å². The molecule has 2 aliphatic rings. The van der Waals surface area contributed by atoms with Crippen LogP contribution in [0.1, 0.15) is 47.3 Å². The van der Waals surface area contributed by atoms with Crippen LogP contribution < -0.4 is 4.90 Å².